The van der Waals surface area contributed by atoms with Gasteiger partial charge in [0.15, 0.2) is 5.78 Å². The first-order valence-corrected chi connectivity index (χ1v) is 18.9. The Balaban J connectivity index is 1.42. The molecule has 0 saturated carbocycles. The Morgan fingerprint density at radius 1 is 0.889 bits per heavy atom. The van der Waals surface area contributed by atoms with Crippen molar-refractivity contribution < 1.29 is 19.8 Å². The number of aliphatic hydroxyl groups excluding tert-OH is 1. The number of hydrogen-bond donors (Lipinski definition) is 3. The number of phenols is 1. The maximum atomic E-state index is 13.8. The molecule has 10 heteroatoms. The summed E-state index contributed by atoms with van der Waals surface area (Å²) >= 11 is 8.93. The minimum absolute atomic E-state index is 0.138. The monoisotopic (exact) mass is 1050 g/mol. The molecule has 6 nitrogen and oxygen atoms in total. The Labute approximate surface area is 318 Å². The highest BCUT2D eigenvalue weighted by atomic mass is 127. The molecule has 1 aliphatic carbocycles. The van der Waals surface area contributed by atoms with Crippen molar-refractivity contribution in [2.75, 3.05) is 5.32 Å². The van der Waals surface area contributed by atoms with Gasteiger partial charge in [-0.15, -0.1) is 0 Å². The van der Waals surface area contributed by atoms with Gasteiger partial charge in [-0.25, -0.2) is 4.98 Å². The van der Waals surface area contributed by atoms with E-state index >= 15 is 0 Å². The number of aryl methyl sites for hydroxylation is 1. The van der Waals surface area contributed by atoms with Crippen molar-refractivity contribution in [3.05, 3.63) is 90.3 Å². The molecule has 0 fully saturated rings. The van der Waals surface area contributed by atoms with Gasteiger partial charge in [0.2, 0.25) is 5.91 Å². The van der Waals surface area contributed by atoms with E-state index in [1.54, 1.807) is 6.07 Å². The number of aromatic nitrogens is 1. The van der Waals surface area contributed by atoms with Crippen LogP contribution in [0.2, 0.25) is 0 Å². The Hall–Kier alpha value is -1.11. The van der Waals surface area contributed by atoms with E-state index in [-0.39, 0.29) is 28.9 Å². The number of hydrogen-bond acceptors (Lipinski definition) is 5. The van der Waals surface area contributed by atoms with Crippen LogP contribution in [-0.4, -0.2) is 26.9 Å². The van der Waals surface area contributed by atoms with Crippen molar-refractivity contribution in [1.29, 1.82) is 0 Å². The summed E-state index contributed by atoms with van der Waals surface area (Å²) in [5.41, 5.74) is 5.08. The molecule has 1 aromatic heterocycles. The molecular formula is C35H34I4N2O4. The van der Waals surface area contributed by atoms with Crippen molar-refractivity contribution in [2.45, 2.75) is 77.2 Å². The number of anilines is 1. The number of rotatable bonds is 5. The largest absolute Gasteiger partial charge is 0.507 e. The lowest BCUT2D eigenvalue weighted by molar-refractivity contribution is -0.116. The summed E-state index contributed by atoms with van der Waals surface area (Å²) in [5, 5.41) is 26.4. The minimum Gasteiger partial charge on any atom is -0.507 e. The predicted molar refractivity (Wildman–Crippen MR) is 214 cm³/mol. The fourth-order valence-electron chi connectivity index (χ4n) is 5.82. The van der Waals surface area contributed by atoms with Gasteiger partial charge in [-0.2, -0.15) is 0 Å². The fourth-order valence-corrected chi connectivity index (χ4v) is 9.63. The fraction of sp³-hybridized carbons (Fsp3) is 0.343. The number of benzene rings is 3. The van der Waals surface area contributed by atoms with Gasteiger partial charge < -0.3 is 15.5 Å². The predicted octanol–water partition coefficient (Wildman–Crippen LogP) is 9.54. The van der Waals surface area contributed by atoms with Crippen molar-refractivity contribution in [3.63, 3.8) is 0 Å². The highest BCUT2D eigenvalue weighted by Crippen LogP contribution is 2.48. The number of Topliss-reactive ketones (excluding diaryl/α,β-unsaturated/α-hetero) is 1. The molecule has 0 radical (unpaired) electrons. The molecule has 4 aromatic rings. The second-order valence-electron chi connectivity index (χ2n) is 13.5. The lowest BCUT2D eigenvalue weighted by Crippen LogP contribution is -2.18. The summed E-state index contributed by atoms with van der Waals surface area (Å²) in [6.45, 7) is 12.5. The standard InChI is InChI=1S/C35H34I4N2O4/c1-34(2,3)18-14-16(15-19(31(18)43)35(4,5)6)10-13-22(42)40-21-9-7-8-17-11-12-20(41-30(17)21)23-32(44)24-25(33(23)45)27(37)29(39)28(38)26(24)36/h7-9,11-12,14-15,23,32,43-44H,10,13H2,1-6H3,(H,40,42). The maximum Gasteiger partial charge on any atom is 0.224 e. The third kappa shape index (κ3) is 6.77. The summed E-state index contributed by atoms with van der Waals surface area (Å²) in [7, 11) is 0. The SMILES string of the molecule is CC(C)(C)c1cc(CCC(=O)Nc2cccc3ccc(C4C(=O)c5c(I)c(I)c(I)c(I)c5C4O)nc23)cc(C(C)(C)C)c1O. The lowest BCUT2D eigenvalue weighted by Gasteiger charge is -2.28. The molecule has 3 aromatic carbocycles. The zero-order valence-corrected chi connectivity index (χ0v) is 34.4. The molecule has 2 unspecified atom stereocenters. The minimum atomic E-state index is -1.01. The van der Waals surface area contributed by atoms with E-state index < -0.39 is 12.0 Å². The zero-order chi connectivity index (χ0) is 33.2. The number of phenolic OH excluding ortho intramolecular Hbond substituents is 1. The van der Waals surface area contributed by atoms with Gasteiger partial charge in [0.05, 0.1) is 28.9 Å². The third-order valence-electron chi connectivity index (χ3n) is 8.20. The van der Waals surface area contributed by atoms with E-state index in [4.69, 9.17) is 4.98 Å². The first-order chi connectivity index (χ1) is 20.9. The first-order valence-electron chi connectivity index (χ1n) is 14.6. The normalized spacial score (nSPS) is 16.7. The van der Waals surface area contributed by atoms with Crippen LogP contribution in [0, 0.1) is 14.3 Å². The van der Waals surface area contributed by atoms with Gasteiger partial charge in [-0.05, 0) is 136 Å². The van der Waals surface area contributed by atoms with E-state index in [2.05, 4.69) is 137 Å². The van der Waals surface area contributed by atoms with Gasteiger partial charge in [0, 0.05) is 37.2 Å². The van der Waals surface area contributed by atoms with Crippen LogP contribution in [-0.2, 0) is 22.0 Å². The number of pyridine rings is 1. The molecule has 236 valence electrons. The molecule has 0 bridgehead atoms. The smallest absolute Gasteiger partial charge is 0.224 e. The highest BCUT2D eigenvalue weighted by molar-refractivity contribution is 14.1. The van der Waals surface area contributed by atoms with Crippen LogP contribution in [0.1, 0.15) is 98.3 Å². The molecule has 1 aliphatic rings. The number of aromatic hydroxyl groups is 1. The quantitative estimate of drug-likeness (QED) is 0.105. The number of carbonyl (C=O) groups is 2. The molecule has 0 saturated heterocycles. The highest BCUT2D eigenvalue weighted by Gasteiger charge is 2.44. The Morgan fingerprint density at radius 2 is 1.49 bits per heavy atom. The summed E-state index contributed by atoms with van der Waals surface area (Å²) in [6, 6.07) is 13.3. The lowest BCUT2D eigenvalue weighted by atomic mass is 9.78. The number of nitrogens with zero attached hydrogens (tertiary/aromatic N) is 1. The summed E-state index contributed by atoms with van der Waals surface area (Å²) in [4.78, 5) is 31.9. The summed E-state index contributed by atoms with van der Waals surface area (Å²) in [5.74, 6) is -0.799. The van der Waals surface area contributed by atoms with Gasteiger partial charge in [0.1, 0.15) is 5.75 Å². The van der Waals surface area contributed by atoms with Gasteiger partial charge in [-0.3, -0.25) is 9.59 Å². The average molecular weight is 1050 g/mol. The van der Waals surface area contributed by atoms with E-state index in [0.29, 0.717) is 40.2 Å². The first kappa shape index (κ1) is 35.2. The van der Waals surface area contributed by atoms with Crippen molar-refractivity contribution >= 4 is 119 Å². The van der Waals surface area contributed by atoms with E-state index in [9.17, 15) is 19.8 Å². The molecule has 3 N–H and O–H groups in total. The molecular weight excluding hydrogens is 1020 g/mol. The van der Waals surface area contributed by atoms with Gasteiger partial charge in [0.25, 0.3) is 0 Å². The number of nitrogens with one attached hydrogen (secondary N) is 1. The number of ketones is 1. The van der Waals surface area contributed by atoms with Crippen LogP contribution < -0.4 is 5.32 Å². The van der Waals surface area contributed by atoms with Crippen LogP contribution in [0.5, 0.6) is 5.75 Å². The van der Waals surface area contributed by atoms with Crippen molar-refractivity contribution in [3.8, 4) is 5.75 Å². The van der Waals surface area contributed by atoms with E-state index in [0.717, 1.165) is 36.4 Å². The second kappa shape index (κ2) is 13.1. The molecule has 45 heavy (non-hydrogen) atoms. The number of halogens is 4. The van der Waals surface area contributed by atoms with E-state index in [1.807, 2.05) is 36.4 Å². The zero-order valence-electron chi connectivity index (χ0n) is 25.8. The second-order valence-corrected chi connectivity index (χ2v) is 17.8. The van der Waals surface area contributed by atoms with Crippen LogP contribution >= 0.6 is 90.4 Å². The molecule has 0 aliphatic heterocycles. The maximum absolute atomic E-state index is 13.8. The van der Waals surface area contributed by atoms with Crippen molar-refractivity contribution in [2.24, 2.45) is 0 Å². The Kier molecular flexibility index (Phi) is 10.2. The Morgan fingerprint density at radius 3 is 2.09 bits per heavy atom. The Bertz CT molecular complexity index is 1840. The molecule has 2 atom stereocenters. The number of fused-ring (bicyclic) bond motifs is 2. The van der Waals surface area contributed by atoms with Gasteiger partial charge in [-0.1, -0.05) is 71.9 Å². The number of carbonyl (C=O) groups excluding carboxylic acids is 2. The van der Waals surface area contributed by atoms with Crippen LogP contribution in [0.25, 0.3) is 10.9 Å². The van der Waals surface area contributed by atoms with E-state index in [1.165, 1.54) is 0 Å². The average Bonchev–Trinajstić information content (AvgIpc) is 3.22. The van der Waals surface area contributed by atoms with Crippen LogP contribution in [0.15, 0.2) is 42.5 Å². The molecule has 0 spiro atoms. The number of para-hydroxylation sites is 1. The van der Waals surface area contributed by atoms with Crippen LogP contribution in [0.3, 0.4) is 0 Å². The van der Waals surface area contributed by atoms with Crippen LogP contribution in [0.4, 0.5) is 5.69 Å². The van der Waals surface area contributed by atoms with Crippen molar-refractivity contribution in [1.82, 2.24) is 4.98 Å². The topological polar surface area (TPSA) is 99.5 Å². The third-order valence-corrected chi connectivity index (χ3v) is 15.7. The van der Waals surface area contributed by atoms with Gasteiger partial charge >= 0.3 is 0 Å². The number of aliphatic hydroxyl groups is 1. The number of amides is 1. The molecule has 5 rings (SSSR count). The molecule has 1 amide bonds. The molecule has 1 heterocycles. The summed E-state index contributed by atoms with van der Waals surface area (Å²) in [6.07, 6.45) is -0.249. The summed E-state index contributed by atoms with van der Waals surface area (Å²) < 4.78 is 3.78.